The highest BCUT2D eigenvalue weighted by atomic mass is 16.2. The standard InChI is InChI=1S/C21H29N3O2/c1-15(25)22-19-10-11-23(14-19)20-8-6-18(7-9-20)21(26)24-12-16-2-3-17(13-24)5-4-16/h6-9,16-17,19H,2-5,10-14H2,1H3,(H,22,25)/t16?,17?,19-/m1/s1. The molecule has 1 atom stereocenters. The minimum absolute atomic E-state index is 0.0317. The number of nitrogens with one attached hydrogen (secondary N) is 1. The van der Waals surface area contributed by atoms with Gasteiger partial charge in [-0.2, -0.15) is 0 Å². The number of benzene rings is 1. The van der Waals surface area contributed by atoms with E-state index in [1.54, 1.807) is 6.92 Å². The molecule has 5 rings (SSSR count). The lowest BCUT2D eigenvalue weighted by atomic mass is 9.84. The van der Waals surface area contributed by atoms with E-state index < -0.39 is 0 Å². The Hall–Kier alpha value is -2.04. The lowest BCUT2D eigenvalue weighted by Gasteiger charge is -2.23. The SMILES string of the molecule is CC(=O)N[C@@H]1CCN(c2ccc(C(=O)N3CC4CCC(CC4)C3)cc2)C1. The van der Waals surface area contributed by atoms with E-state index in [1.165, 1.54) is 25.7 Å². The summed E-state index contributed by atoms with van der Waals surface area (Å²) < 4.78 is 0. The van der Waals surface area contributed by atoms with Crippen molar-refractivity contribution in [1.29, 1.82) is 0 Å². The molecule has 0 aromatic heterocycles. The lowest BCUT2D eigenvalue weighted by Crippen LogP contribution is -2.35. The van der Waals surface area contributed by atoms with Crippen molar-refractivity contribution in [3.8, 4) is 0 Å². The highest BCUT2D eigenvalue weighted by molar-refractivity contribution is 5.94. The largest absolute Gasteiger partial charge is 0.369 e. The van der Waals surface area contributed by atoms with Crippen molar-refractivity contribution >= 4 is 17.5 Å². The van der Waals surface area contributed by atoms with Gasteiger partial charge in [-0.05, 0) is 68.2 Å². The number of carbonyl (C=O) groups excluding carboxylic acids is 2. The molecule has 4 fully saturated rings. The molecular formula is C21H29N3O2. The Morgan fingerprint density at radius 3 is 2.12 bits per heavy atom. The number of amides is 2. The molecular weight excluding hydrogens is 326 g/mol. The van der Waals surface area contributed by atoms with E-state index in [1.807, 2.05) is 12.1 Å². The van der Waals surface area contributed by atoms with E-state index in [0.717, 1.165) is 43.9 Å². The summed E-state index contributed by atoms with van der Waals surface area (Å²) in [5.74, 6) is 1.62. The summed E-state index contributed by atoms with van der Waals surface area (Å²) in [5.41, 5.74) is 1.93. The predicted octanol–water partition coefficient (Wildman–Crippen LogP) is 2.66. The Kier molecular flexibility index (Phi) is 4.88. The molecule has 3 aliphatic heterocycles. The van der Waals surface area contributed by atoms with Crippen LogP contribution in [0, 0.1) is 11.8 Å². The summed E-state index contributed by atoms with van der Waals surface area (Å²) >= 11 is 0. The number of nitrogens with zero attached hydrogens (tertiary/aromatic N) is 2. The molecule has 1 N–H and O–H groups in total. The third-order valence-electron chi connectivity index (χ3n) is 6.29. The van der Waals surface area contributed by atoms with Gasteiger partial charge in [0.15, 0.2) is 0 Å². The molecule has 26 heavy (non-hydrogen) atoms. The van der Waals surface area contributed by atoms with Gasteiger partial charge in [0.05, 0.1) is 0 Å². The minimum Gasteiger partial charge on any atom is -0.369 e. The lowest BCUT2D eigenvalue weighted by molar-refractivity contribution is -0.119. The average molecular weight is 355 g/mol. The Balaban J connectivity index is 1.40. The number of anilines is 1. The van der Waals surface area contributed by atoms with Crippen LogP contribution in [0.25, 0.3) is 0 Å². The predicted molar refractivity (Wildman–Crippen MR) is 102 cm³/mol. The van der Waals surface area contributed by atoms with Gasteiger partial charge in [-0.25, -0.2) is 0 Å². The second-order valence-electron chi connectivity index (χ2n) is 8.28. The second-order valence-corrected chi connectivity index (χ2v) is 8.28. The van der Waals surface area contributed by atoms with E-state index in [0.29, 0.717) is 11.8 Å². The molecule has 2 bridgehead atoms. The van der Waals surface area contributed by atoms with Crippen LogP contribution >= 0.6 is 0 Å². The first kappa shape index (κ1) is 17.4. The van der Waals surface area contributed by atoms with Crippen LogP contribution in [-0.2, 0) is 4.79 Å². The van der Waals surface area contributed by atoms with Crippen LogP contribution in [0.4, 0.5) is 5.69 Å². The molecule has 4 aliphatic rings. The molecule has 1 saturated carbocycles. The van der Waals surface area contributed by atoms with Crippen LogP contribution in [0.5, 0.6) is 0 Å². The fraction of sp³-hybridized carbons (Fsp3) is 0.619. The molecule has 1 aromatic carbocycles. The number of fused-ring (bicyclic) bond motifs is 4. The van der Waals surface area contributed by atoms with Crippen molar-refractivity contribution in [2.24, 2.45) is 11.8 Å². The normalized spacial score (nSPS) is 28.1. The first-order valence-electron chi connectivity index (χ1n) is 10.00. The Morgan fingerprint density at radius 1 is 0.923 bits per heavy atom. The zero-order valence-electron chi connectivity index (χ0n) is 15.6. The fourth-order valence-corrected chi connectivity index (χ4v) is 4.86. The molecule has 2 amide bonds. The van der Waals surface area contributed by atoms with Crippen molar-refractivity contribution in [2.75, 3.05) is 31.1 Å². The van der Waals surface area contributed by atoms with Crippen molar-refractivity contribution < 1.29 is 9.59 Å². The molecule has 0 unspecified atom stereocenters. The van der Waals surface area contributed by atoms with E-state index in [9.17, 15) is 9.59 Å². The van der Waals surface area contributed by atoms with Gasteiger partial charge in [0.1, 0.15) is 0 Å². The van der Waals surface area contributed by atoms with Gasteiger partial charge in [-0.3, -0.25) is 9.59 Å². The second kappa shape index (κ2) is 7.29. The van der Waals surface area contributed by atoms with E-state index >= 15 is 0 Å². The quantitative estimate of drug-likeness (QED) is 0.907. The van der Waals surface area contributed by atoms with Crippen LogP contribution < -0.4 is 10.2 Å². The zero-order valence-corrected chi connectivity index (χ0v) is 15.6. The van der Waals surface area contributed by atoms with Gasteiger partial charge >= 0.3 is 0 Å². The van der Waals surface area contributed by atoms with Gasteiger partial charge in [0.25, 0.3) is 5.91 Å². The van der Waals surface area contributed by atoms with Crippen molar-refractivity contribution in [2.45, 2.75) is 45.1 Å². The Morgan fingerprint density at radius 2 is 1.54 bits per heavy atom. The number of hydrogen-bond acceptors (Lipinski definition) is 3. The maximum absolute atomic E-state index is 12.9. The summed E-state index contributed by atoms with van der Waals surface area (Å²) in [4.78, 5) is 28.5. The smallest absolute Gasteiger partial charge is 0.253 e. The first-order chi connectivity index (χ1) is 12.6. The van der Waals surface area contributed by atoms with Crippen LogP contribution in [0.1, 0.15) is 49.4 Å². The van der Waals surface area contributed by atoms with E-state index in [4.69, 9.17) is 0 Å². The number of rotatable bonds is 3. The van der Waals surface area contributed by atoms with Crippen molar-refractivity contribution in [3.05, 3.63) is 29.8 Å². The molecule has 3 saturated heterocycles. The third-order valence-corrected chi connectivity index (χ3v) is 6.29. The topological polar surface area (TPSA) is 52.7 Å². The molecule has 3 heterocycles. The van der Waals surface area contributed by atoms with Crippen molar-refractivity contribution in [3.63, 3.8) is 0 Å². The van der Waals surface area contributed by atoms with Crippen LogP contribution in [0.2, 0.25) is 0 Å². The van der Waals surface area contributed by atoms with Gasteiger partial charge in [0, 0.05) is 50.4 Å². The molecule has 0 spiro atoms. The van der Waals surface area contributed by atoms with Gasteiger partial charge in [-0.15, -0.1) is 0 Å². The van der Waals surface area contributed by atoms with Crippen LogP contribution in [-0.4, -0.2) is 48.9 Å². The van der Waals surface area contributed by atoms with Crippen LogP contribution in [0.3, 0.4) is 0 Å². The third kappa shape index (κ3) is 3.71. The fourth-order valence-electron chi connectivity index (χ4n) is 4.86. The van der Waals surface area contributed by atoms with Gasteiger partial charge in [0.2, 0.25) is 5.91 Å². The van der Waals surface area contributed by atoms with E-state index in [2.05, 4.69) is 27.2 Å². The summed E-state index contributed by atoms with van der Waals surface area (Å²) in [6, 6.07) is 8.26. The van der Waals surface area contributed by atoms with Gasteiger partial charge < -0.3 is 15.1 Å². The summed E-state index contributed by atoms with van der Waals surface area (Å²) in [6.07, 6.45) is 6.13. The molecule has 1 aromatic rings. The highest BCUT2D eigenvalue weighted by Crippen LogP contribution is 2.34. The number of carbonyl (C=O) groups is 2. The first-order valence-corrected chi connectivity index (χ1v) is 10.00. The Bertz CT molecular complexity index is 650. The molecule has 1 aliphatic carbocycles. The Labute approximate surface area is 155 Å². The summed E-state index contributed by atoms with van der Waals surface area (Å²) in [6.45, 7) is 5.21. The van der Waals surface area contributed by atoms with E-state index in [-0.39, 0.29) is 17.9 Å². The monoisotopic (exact) mass is 355 g/mol. The maximum Gasteiger partial charge on any atom is 0.253 e. The summed E-state index contributed by atoms with van der Waals surface area (Å²) in [7, 11) is 0. The van der Waals surface area contributed by atoms with Crippen LogP contribution in [0.15, 0.2) is 24.3 Å². The molecule has 5 heteroatoms. The highest BCUT2D eigenvalue weighted by Gasteiger charge is 2.32. The maximum atomic E-state index is 12.9. The molecule has 5 nitrogen and oxygen atoms in total. The van der Waals surface area contributed by atoms with Gasteiger partial charge in [-0.1, -0.05) is 0 Å². The molecule has 140 valence electrons. The summed E-state index contributed by atoms with van der Waals surface area (Å²) in [5, 5.41) is 2.99. The zero-order chi connectivity index (χ0) is 18.1. The molecule has 0 radical (unpaired) electrons. The number of hydrogen-bond donors (Lipinski definition) is 1. The average Bonchev–Trinajstić information content (AvgIpc) is 2.88. The minimum atomic E-state index is 0.0317. The van der Waals surface area contributed by atoms with Crippen molar-refractivity contribution in [1.82, 2.24) is 10.2 Å².